The van der Waals surface area contributed by atoms with Crippen molar-refractivity contribution in [2.45, 2.75) is 13.8 Å². The maximum absolute atomic E-state index is 11.3. The summed E-state index contributed by atoms with van der Waals surface area (Å²) >= 11 is 0. The monoisotopic (exact) mass is 283 g/mol. The van der Waals surface area contributed by atoms with Crippen molar-refractivity contribution in [3.05, 3.63) is 46.9 Å². The predicted octanol–water partition coefficient (Wildman–Crippen LogP) is 2.54. The second-order valence-corrected chi connectivity index (χ2v) is 4.38. The minimum atomic E-state index is -0.556. The molecule has 0 radical (unpaired) electrons. The van der Waals surface area contributed by atoms with Crippen LogP contribution in [-0.4, -0.2) is 23.0 Å². The van der Waals surface area contributed by atoms with E-state index < -0.39 is 5.97 Å². The van der Waals surface area contributed by atoms with Crippen LogP contribution in [0.2, 0.25) is 0 Å². The van der Waals surface area contributed by atoms with E-state index in [2.05, 4.69) is 20.8 Å². The Hall–Kier alpha value is -2.94. The molecule has 0 aliphatic heterocycles. The maximum Gasteiger partial charge on any atom is 0.358 e. The average molecular weight is 283 g/mol. The molecule has 1 aromatic heterocycles. The smallest absolute Gasteiger partial charge is 0.358 e. The number of aryl methyl sites for hydroxylation is 2. The molecule has 2 rings (SSSR count). The molecule has 0 amide bonds. The zero-order chi connectivity index (χ0) is 15.4. The van der Waals surface area contributed by atoms with Crippen LogP contribution in [0.4, 0.5) is 0 Å². The van der Waals surface area contributed by atoms with E-state index in [1.165, 1.54) is 19.5 Å². The Kier molecular flexibility index (Phi) is 4.14. The molecule has 0 spiro atoms. The predicted molar refractivity (Wildman–Crippen MR) is 74.1 cm³/mol. The first kappa shape index (κ1) is 14.5. The van der Waals surface area contributed by atoms with Crippen molar-refractivity contribution >= 4 is 5.97 Å². The topological polar surface area (TPSA) is 85.1 Å². The second-order valence-electron chi connectivity index (χ2n) is 4.38. The number of aromatic nitrogens is 2. The van der Waals surface area contributed by atoms with Crippen LogP contribution < -0.4 is 4.74 Å². The lowest BCUT2D eigenvalue weighted by Crippen LogP contribution is -2.05. The van der Waals surface area contributed by atoms with E-state index in [0.29, 0.717) is 11.3 Å². The third kappa shape index (κ3) is 3.15. The second kappa shape index (κ2) is 6.01. The van der Waals surface area contributed by atoms with Gasteiger partial charge in [0.15, 0.2) is 5.69 Å². The summed E-state index contributed by atoms with van der Waals surface area (Å²) in [7, 11) is 1.28. The van der Waals surface area contributed by atoms with Crippen LogP contribution in [0.5, 0.6) is 11.6 Å². The van der Waals surface area contributed by atoms with E-state index in [0.717, 1.165) is 11.1 Å². The molecule has 6 nitrogen and oxygen atoms in total. The highest BCUT2D eigenvalue weighted by molar-refractivity contribution is 5.86. The molecule has 21 heavy (non-hydrogen) atoms. The molecule has 0 bridgehead atoms. The minimum Gasteiger partial charge on any atom is -0.464 e. The Balaban J connectivity index is 2.27. The van der Waals surface area contributed by atoms with Crippen LogP contribution in [0.25, 0.3) is 0 Å². The molecule has 0 fully saturated rings. The number of carbonyl (C=O) groups is 1. The number of hydrogen-bond acceptors (Lipinski definition) is 6. The third-order valence-corrected chi connectivity index (χ3v) is 2.82. The molecule has 1 heterocycles. The summed E-state index contributed by atoms with van der Waals surface area (Å²) in [6, 6.07) is 5.56. The Morgan fingerprint density at radius 1 is 1.19 bits per heavy atom. The molecule has 0 unspecified atom stereocenters. The van der Waals surface area contributed by atoms with Gasteiger partial charge in [-0.3, -0.25) is 0 Å². The fourth-order valence-electron chi connectivity index (χ4n) is 1.86. The van der Waals surface area contributed by atoms with Gasteiger partial charge in [-0.25, -0.2) is 14.8 Å². The van der Waals surface area contributed by atoms with Crippen LogP contribution in [0.3, 0.4) is 0 Å². The average Bonchev–Trinajstić information content (AvgIpc) is 2.50. The van der Waals surface area contributed by atoms with Crippen LogP contribution in [0, 0.1) is 25.2 Å². The lowest BCUT2D eigenvalue weighted by molar-refractivity contribution is 0.0593. The number of methoxy groups -OCH3 is 1. The van der Waals surface area contributed by atoms with Crippen LogP contribution in [-0.2, 0) is 4.74 Å². The SMILES string of the molecule is COC(=O)c1cnc(Oc2c(C)cc(C#N)cc2C)cn1. The number of esters is 1. The van der Waals surface area contributed by atoms with E-state index >= 15 is 0 Å². The maximum atomic E-state index is 11.3. The van der Waals surface area contributed by atoms with Crippen LogP contribution in [0.1, 0.15) is 27.2 Å². The van der Waals surface area contributed by atoms with Crippen molar-refractivity contribution in [1.82, 2.24) is 9.97 Å². The first-order valence-corrected chi connectivity index (χ1v) is 6.14. The standard InChI is InChI=1S/C15H13N3O3/c1-9-4-11(6-16)5-10(2)14(9)21-13-8-17-12(7-18-13)15(19)20-3/h4-5,7-8H,1-3H3. The lowest BCUT2D eigenvalue weighted by atomic mass is 10.1. The molecule has 1 aromatic carbocycles. The summed E-state index contributed by atoms with van der Waals surface area (Å²) in [6.45, 7) is 3.69. The molecular formula is C15H13N3O3. The van der Waals surface area contributed by atoms with Gasteiger partial charge in [-0.2, -0.15) is 5.26 Å². The highest BCUT2D eigenvalue weighted by Gasteiger charge is 2.11. The van der Waals surface area contributed by atoms with Gasteiger partial charge in [0, 0.05) is 0 Å². The summed E-state index contributed by atoms with van der Waals surface area (Å²) in [5.41, 5.74) is 2.33. The Morgan fingerprint density at radius 3 is 2.33 bits per heavy atom. The number of rotatable bonds is 3. The number of hydrogen-bond donors (Lipinski definition) is 0. The summed E-state index contributed by atoms with van der Waals surface area (Å²) in [5, 5.41) is 8.92. The van der Waals surface area contributed by atoms with Crippen LogP contribution in [0.15, 0.2) is 24.5 Å². The van der Waals surface area contributed by atoms with Gasteiger partial charge in [0.25, 0.3) is 0 Å². The summed E-state index contributed by atoms with van der Waals surface area (Å²) in [4.78, 5) is 19.2. The van der Waals surface area contributed by atoms with E-state index in [1.54, 1.807) is 12.1 Å². The fraction of sp³-hybridized carbons (Fsp3) is 0.200. The quantitative estimate of drug-likeness (QED) is 0.805. The van der Waals surface area contributed by atoms with Gasteiger partial charge < -0.3 is 9.47 Å². The van der Waals surface area contributed by atoms with E-state index in [9.17, 15) is 4.79 Å². The van der Waals surface area contributed by atoms with Crippen molar-refractivity contribution in [2.75, 3.05) is 7.11 Å². The van der Waals surface area contributed by atoms with Crippen molar-refractivity contribution in [3.63, 3.8) is 0 Å². The van der Waals surface area contributed by atoms with Crippen molar-refractivity contribution in [2.24, 2.45) is 0 Å². The normalized spacial score (nSPS) is 9.81. The number of nitriles is 1. The summed E-state index contributed by atoms with van der Waals surface area (Å²) < 4.78 is 10.2. The summed E-state index contributed by atoms with van der Waals surface area (Å²) in [6.07, 6.45) is 2.64. The van der Waals surface area contributed by atoms with Gasteiger partial charge in [-0.05, 0) is 37.1 Å². The third-order valence-electron chi connectivity index (χ3n) is 2.82. The van der Waals surface area contributed by atoms with E-state index in [4.69, 9.17) is 10.00 Å². The summed E-state index contributed by atoms with van der Waals surface area (Å²) in [5.74, 6) is 0.326. The van der Waals surface area contributed by atoms with Crippen molar-refractivity contribution in [1.29, 1.82) is 5.26 Å². The highest BCUT2D eigenvalue weighted by Crippen LogP contribution is 2.28. The first-order valence-electron chi connectivity index (χ1n) is 6.14. The van der Waals surface area contributed by atoms with Crippen molar-refractivity contribution in [3.8, 4) is 17.7 Å². The molecule has 106 valence electrons. The van der Waals surface area contributed by atoms with Gasteiger partial charge in [-0.1, -0.05) is 0 Å². The fourth-order valence-corrected chi connectivity index (χ4v) is 1.86. The number of ether oxygens (including phenoxy) is 2. The molecular weight excluding hydrogens is 270 g/mol. The molecule has 0 aliphatic carbocycles. The highest BCUT2D eigenvalue weighted by atomic mass is 16.5. The van der Waals surface area contributed by atoms with Gasteiger partial charge in [0.1, 0.15) is 5.75 Å². The van der Waals surface area contributed by atoms with E-state index in [-0.39, 0.29) is 11.6 Å². The van der Waals surface area contributed by atoms with E-state index in [1.807, 2.05) is 13.8 Å². The largest absolute Gasteiger partial charge is 0.464 e. The van der Waals surface area contributed by atoms with Gasteiger partial charge in [-0.15, -0.1) is 0 Å². The zero-order valence-electron chi connectivity index (χ0n) is 11.9. The molecule has 2 aromatic rings. The molecule has 0 saturated heterocycles. The molecule has 0 atom stereocenters. The zero-order valence-corrected chi connectivity index (χ0v) is 11.9. The molecule has 0 aliphatic rings. The number of benzene rings is 1. The Morgan fingerprint density at radius 2 is 1.86 bits per heavy atom. The molecule has 6 heteroatoms. The van der Waals surface area contributed by atoms with Gasteiger partial charge in [0.05, 0.1) is 31.1 Å². The van der Waals surface area contributed by atoms with Gasteiger partial charge >= 0.3 is 5.97 Å². The lowest BCUT2D eigenvalue weighted by Gasteiger charge is -2.11. The van der Waals surface area contributed by atoms with Gasteiger partial charge in [0.2, 0.25) is 5.88 Å². The first-order chi connectivity index (χ1) is 10.0. The van der Waals surface area contributed by atoms with Crippen LogP contribution >= 0.6 is 0 Å². The van der Waals surface area contributed by atoms with Crippen molar-refractivity contribution < 1.29 is 14.3 Å². The Bertz CT molecular complexity index is 695. The molecule has 0 saturated carbocycles. The molecule has 0 N–H and O–H groups in total. The number of carbonyl (C=O) groups excluding carboxylic acids is 1. The minimum absolute atomic E-state index is 0.109. The number of nitrogens with zero attached hydrogens (tertiary/aromatic N) is 3. The Labute approximate surface area is 122 Å².